The van der Waals surface area contributed by atoms with Crippen molar-refractivity contribution < 1.29 is 0 Å². The molecule has 0 spiro atoms. The van der Waals surface area contributed by atoms with Crippen LogP contribution in [0.15, 0.2) is 176 Å². The van der Waals surface area contributed by atoms with Gasteiger partial charge in [-0.15, -0.1) is 11.3 Å². The Balaban J connectivity index is 1.11. The fraction of sp³-hybridized carbons (Fsp3) is 0. The Labute approximate surface area is 299 Å². The predicted molar refractivity (Wildman–Crippen MR) is 215 cm³/mol. The van der Waals surface area contributed by atoms with Crippen molar-refractivity contribution in [2.24, 2.45) is 0 Å². The van der Waals surface area contributed by atoms with Crippen molar-refractivity contribution in [2.75, 3.05) is 0 Å². The molecular weight excluding hydrogens is 639 g/mol. The van der Waals surface area contributed by atoms with Gasteiger partial charge in [0.1, 0.15) is 0 Å². The molecule has 0 aliphatic carbocycles. The van der Waals surface area contributed by atoms with Crippen molar-refractivity contribution in [2.45, 2.75) is 0 Å². The zero-order chi connectivity index (χ0) is 33.7. The van der Waals surface area contributed by atoms with Crippen molar-refractivity contribution >= 4 is 53.1 Å². The Morgan fingerprint density at radius 3 is 1.61 bits per heavy atom. The average Bonchev–Trinajstić information content (AvgIpc) is 3.60. The number of fused-ring (bicyclic) bond motifs is 7. The largest absolute Gasteiger partial charge is 0.208 e. The van der Waals surface area contributed by atoms with Gasteiger partial charge in [-0.2, -0.15) is 0 Å². The molecule has 10 rings (SSSR count). The first-order chi connectivity index (χ1) is 25.3. The second kappa shape index (κ2) is 12.1. The Bertz CT molecular complexity index is 2900. The third-order valence-corrected chi connectivity index (χ3v) is 11.0. The summed E-state index contributed by atoms with van der Waals surface area (Å²) in [4.78, 5) is 15.1. The van der Waals surface area contributed by atoms with Gasteiger partial charge in [0.05, 0.1) is 0 Å². The maximum absolute atomic E-state index is 5.08. The minimum atomic E-state index is 0.647. The Kier molecular flexibility index (Phi) is 7.00. The van der Waals surface area contributed by atoms with Gasteiger partial charge in [-0.1, -0.05) is 170 Å². The molecule has 0 saturated carbocycles. The number of nitrogens with zero attached hydrogens (tertiary/aromatic N) is 3. The fourth-order valence-electron chi connectivity index (χ4n) is 7.19. The van der Waals surface area contributed by atoms with Crippen molar-refractivity contribution in [3.63, 3.8) is 0 Å². The normalized spacial score (nSPS) is 11.5. The van der Waals surface area contributed by atoms with Crippen LogP contribution in [0.4, 0.5) is 0 Å². The molecule has 0 aliphatic heterocycles. The molecule has 2 heterocycles. The van der Waals surface area contributed by atoms with Gasteiger partial charge in [-0.25, -0.2) is 15.0 Å². The molecule has 4 heteroatoms. The van der Waals surface area contributed by atoms with Crippen molar-refractivity contribution in [1.29, 1.82) is 0 Å². The van der Waals surface area contributed by atoms with Gasteiger partial charge < -0.3 is 0 Å². The van der Waals surface area contributed by atoms with Crippen LogP contribution in [0.25, 0.3) is 98.1 Å². The van der Waals surface area contributed by atoms with Gasteiger partial charge in [-0.05, 0) is 44.5 Å². The lowest BCUT2D eigenvalue weighted by Gasteiger charge is -2.10. The number of rotatable bonds is 5. The third-order valence-electron chi connectivity index (χ3n) is 9.72. The Morgan fingerprint density at radius 1 is 0.314 bits per heavy atom. The van der Waals surface area contributed by atoms with Crippen molar-refractivity contribution in [1.82, 2.24) is 15.0 Å². The molecule has 51 heavy (non-hydrogen) atoms. The molecule has 0 saturated heterocycles. The summed E-state index contributed by atoms with van der Waals surface area (Å²) in [5.74, 6) is 1.95. The Hall–Kier alpha value is -6.49. The highest BCUT2D eigenvalue weighted by atomic mass is 32.1. The van der Waals surface area contributed by atoms with Gasteiger partial charge in [0.2, 0.25) is 0 Å². The van der Waals surface area contributed by atoms with Crippen LogP contribution >= 0.6 is 11.3 Å². The zero-order valence-corrected chi connectivity index (χ0v) is 28.3. The summed E-state index contributed by atoms with van der Waals surface area (Å²) < 4.78 is 2.61. The van der Waals surface area contributed by atoms with E-state index in [0.29, 0.717) is 17.5 Å². The molecule has 0 atom stereocenters. The SMILES string of the molecule is c1ccc(-c2ccc(-c3nc(-c4ccccc4)nc(-c4cccc(-c5cccc6c5sc5c6ccc6ccc7ccccc7c65)c4)n3)cc2)cc1. The molecule has 0 bridgehead atoms. The van der Waals surface area contributed by atoms with E-state index in [9.17, 15) is 0 Å². The zero-order valence-electron chi connectivity index (χ0n) is 27.5. The highest BCUT2D eigenvalue weighted by molar-refractivity contribution is 7.27. The number of hydrogen-bond donors (Lipinski definition) is 0. The van der Waals surface area contributed by atoms with E-state index in [1.165, 1.54) is 52.8 Å². The summed E-state index contributed by atoms with van der Waals surface area (Å²) in [5.41, 5.74) is 7.52. The van der Waals surface area contributed by atoms with Crippen molar-refractivity contribution in [3.05, 3.63) is 176 Å². The summed E-state index contributed by atoms with van der Waals surface area (Å²) in [6, 6.07) is 62.0. The molecule has 0 aliphatic rings. The number of benzene rings is 8. The van der Waals surface area contributed by atoms with Crippen LogP contribution in [0.5, 0.6) is 0 Å². The van der Waals surface area contributed by atoms with Gasteiger partial charge in [0, 0.05) is 42.2 Å². The molecule has 3 nitrogen and oxygen atoms in total. The smallest absolute Gasteiger partial charge is 0.164 e. The standard InChI is InChI=1S/C47H29N3S/c1-3-11-30(12-4-1)31-21-25-35(26-22-31)46-48-45(34-14-5-2-6-15-34)49-47(50-46)37-17-9-16-36(29-37)39-19-10-20-40-41-28-27-33-24-23-32-13-7-8-18-38(32)42(33)44(41)51-43(39)40/h1-29H. The summed E-state index contributed by atoms with van der Waals surface area (Å²) in [6.45, 7) is 0. The summed E-state index contributed by atoms with van der Waals surface area (Å²) >= 11 is 1.89. The molecule has 8 aromatic carbocycles. The maximum Gasteiger partial charge on any atom is 0.164 e. The highest BCUT2D eigenvalue weighted by Crippen LogP contribution is 2.44. The summed E-state index contributed by atoms with van der Waals surface area (Å²) in [7, 11) is 0. The van der Waals surface area contributed by atoms with E-state index in [4.69, 9.17) is 15.0 Å². The van der Waals surface area contributed by atoms with E-state index in [-0.39, 0.29) is 0 Å². The summed E-state index contributed by atoms with van der Waals surface area (Å²) in [6.07, 6.45) is 0. The molecule has 0 amide bonds. The van der Waals surface area contributed by atoms with Crippen LogP contribution in [-0.2, 0) is 0 Å². The first-order valence-corrected chi connectivity index (χ1v) is 17.9. The topological polar surface area (TPSA) is 38.7 Å². The second-order valence-corrected chi connectivity index (χ2v) is 13.8. The van der Waals surface area contributed by atoms with E-state index in [2.05, 4.69) is 140 Å². The predicted octanol–water partition coefficient (Wildman–Crippen LogP) is 12.9. The van der Waals surface area contributed by atoms with Crippen LogP contribution in [0.2, 0.25) is 0 Å². The van der Waals surface area contributed by atoms with Gasteiger partial charge >= 0.3 is 0 Å². The van der Waals surface area contributed by atoms with Gasteiger partial charge in [0.15, 0.2) is 17.5 Å². The lowest BCUT2D eigenvalue weighted by atomic mass is 9.98. The van der Waals surface area contributed by atoms with Gasteiger partial charge in [-0.3, -0.25) is 0 Å². The third kappa shape index (κ3) is 5.16. The molecule has 2 aromatic heterocycles. The second-order valence-electron chi connectivity index (χ2n) is 12.8. The number of thiophene rings is 1. The molecule has 0 N–H and O–H groups in total. The molecule has 238 valence electrons. The minimum Gasteiger partial charge on any atom is -0.208 e. The fourth-order valence-corrected chi connectivity index (χ4v) is 8.60. The molecular formula is C47H29N3S. The van der Waals surface area contributed by atoms with Gasteiger partial charge in [0.25, 0.3) is 0 Å². The number of hydrogen-bond acceptors (Lipinski definition) is 4. The van der Waals surface area contributed by atoms with E-state index in [1.54, 1.807) is 0 Å². The lowest BCUT2D eigenvalue weighted by molar-refractivity contribution is 1.07. The lowest BCUT2D eigenvalue weighted by Crippen LogP contribution is -2.00. The Morgan fingerprint density at radius 2 is 0.824 bits per heavy atom. The first kappa shape index (κ1) is 29.4. The van der Waals surface area contributed by atoms with E-state index in [0.717, 1.165) is 27.8 Å². The molecule has 0 radical (unpaired) electrons. The first-order valence-electron chi connectivity index (χ1n) is 17.1. The maximum atomic E-state index is 5.08. The van der Waals surface area contributed by atoms with E-state index >= 15 is 0 Å². The van der Waals surface area contributed by atoms with Crippen LogP contribution < -0.4 is 0 Å². The van der Waals surface area contributed by atoms with Crippen molar-refractivity contribution in [3.8, 4) is 56.4 Å². The quantitative estimate of drug-likeness (QED) is 0.171. The number of aromatic nitrogens is 3. The minimum absolute atomic E-state index is 0.647. The monoisotopic (exact) mass is 667 g/mol. The van der Waals surface area contributed by atoms with E-state index in [1.807, 2.05) is 47.7 Å². The van der Waals surface area contributed by atoms with Crippen LogP contribution in [0.1, 0.15) is 0 Å². The van der Waals surface area contributed by atoms with E-state index < -0.39 is 0 Å². The average molecular weight is 668 g/mol. The molecule has 0 fully saturated rings. The highest BCUT2D eigenvalue weighted by Gasteiger charge is 2.17. The van der Waals surface area contributed by atoms with Crippen LogP contribution in [0.3, 0.4) is 0 Å². The van der Waals surface area contributed by atoms with Crippen LogP contribution in [0, 0.1) is 0 Å². The molecule has 10 aromatic rings. The molecule has 0 unspecified atom stereocenters. The summed E-state index contributed by atoms with van der Waals surface area (Å²) in [5, 5.41) is 7.73. The van der Waals surface area contributed by atoms with Crippen LogP contribution in [-0.4, -0.2) is 15.0 Å².